The van der Waals surface area contributed by atoms with Crippen molar-refractivity contribution in [3.8, 4) is 0 Å². The van der Waals surface area contributed by atoms with Crippen LogP contribution in [-0.2, 0) is 16.1 Å². The van der Waals surface area contributed by atoms with Gasteiger partial charge >= 0.3 is 0 Å². The molecule has 1 aromatic heterocycles. The second kappa shape index (κ2) is 4.35. The molecule has 0 aliphatic heterocycles. The van der Waals surface area contributed by atoms with Crippen LogP contribution in [0.2, 0.25) is 0 Å². The molecule has 0 aliphatic carbocycles. The molecule has 0 unspecified atom stereocenters. The van der Waals surface area contributed by atoms with E-state index in [1.807, 2.05) is 0 Å². The van der Waals surface area contributed by atoms with Crippen LogP contribution in [0.5, 0.6) is 0 Å². The van der Waals surface area contributed by atoms with Crippen molar-refractivity contribution >= 4 is 11.7 Å². The van der Waals surface area contributed by atoms with Crippen molar-refractivity contribution in [2.45, 2.75) is 13.5 Å². The lowest BCUT2D eigenvalue weighted by Crippen LogP contribution is -2.28. The number of hydrogen-bond donors (Lipinski definition) is 1. The van der Waals surface area contributed by atoms with Crippen molar-refractivity contribution in [1.29, 1.82) is 0 Å². The van der Waals surface area contributed by atoms with E-state index in [9.17, 15) is 9.59 Å². The number of hydrogen-bond acceptors (Lipinski definition) is 3. The first-order valence-corrected chi connectivity index (χ1v) is 3.88. The van der Waals surface area contributed by atoms with Gasteiger partial charge < -0.3 is 5.32 Å². The molecular weight excluding hydrogens is 168 g/mol. The van der Waals surface area contributed by atoms with E-state index in [0.717, 1.165) is 5.56 Å². The highest BCUT2D eigenvalue weighted by molar-refractivity contribution is 6.35. The topological polar surface area (TPSA) is 59.1 Å². The Balaban J connectivity index is 2.44. The third-order valence-electron chi connectivity index (χ3n) is 1.52. The Kier molecular flexibility index (Phi) is 3.14. The van der Waals surface area contributed by atoms with Crippen LogP contribution in [0.25, 0.3) is 0 Å². The lowest BCUT2D eigenvalue weighted by molar-refractivity contribution is -0.136. The summed E-state index contributed by atoms with van der Waals surface area (Å²) >= 11 is 0. The fraction of sp³-hybridized carbons (Fsp3) is 0.222. The lowest BCUT2D eigenvalue weighted by Gasteiger charge is -2.01. The van der Waals surface area contributed by atoms with Gasteiger partial charge in [-0.25, -0.2) is 0 Å². The lowest BCUT2D eigenvalue weighted by atomic mass is 10.2. The molecule has 1 N–H and O–H groups in total. The Morgan fingerprint density at radius 3 is 2.54 bits per heavy atom. The van der Waals surface area contributed by atoms with Gasteiger partial charge in [-0.1, -0.05) is 0 Å². The number of pyridine rings is 1. The first kappa shape index (κ1) is 9.38. The second-order valence-corrected chi connectivity index (χ2v) is 2.59. The summed E-state index contributed by atoms with van der Waals surface area (Å²) in [6.07, 6.45) is 3.27. The van der Waals surface area contributed by atoms with Crippen LogP contribution in [0.3, 0.4) is 0 Å². The molecule has 4 nitrogen and oxygen atoms in total. The molecule has 1 heterocycles. The predicted octanol–water partition coefficient (Wildman–Crippen LogP) is 0.287. The Morgan fingerprint density at radius 2 is 2.00 bits per heavy atom. The number of carbonyl (C=O) groups excluding carboxylic acids is 2. The van der Waals surface area contributed by atoms with Crippen LogP contribution in [0.15, 0.2) is 24.5 Å². The minimum atomic E-state index is -0.559. The Labute approximate surface area is 76.0 Å². The maximum absolute atomic E-state index is 10.8. The van der Waals surface area contributed by atoms with Gasteiger partial charge in [0.15, 0.2) is 0 Å². The van der Waals surface area contributed by atoms with Crippen molar-refractivity contribution < 1.29 is 9.59 Å². The first-order chi connectivity index (χ1) is 6.20. The monoisotopic (exact) mass is 178 g/mol. The molecule has 4 heteroatoms. The largest absolute Gasteiger partial charge is 0.345 e. The van der Waals surface area contributed by atoms with Gasteiger partial charge in [-0.2, -0.15) is 0 Å². The number of rotatable bonds is 3. The smallest absolute Gasteiger partial charge is 0.287 e. The van der Waals surface area contributed by atoms with Crippen LogP contribution in [0.1, 0.15) is 12.5 Å². The second-order valence-electron chi connectivity index (χ2n) is 2.59. The molecule has 1 rings (SSSR count). The summed E-state index contributed by atoms with van der Waals surface area (Å²) in [5, 5.41) is 2.48. The first-order valence-electron chi connectivity index (χ1n) is 3.88. The van der Waals surface area contributed by atoms with Crippen LogP contribution in [0, 0.1) is 0 Å². The number of amides is 1. The molecule has 0 atom stereocenters. The zero-order chi connectivity index (χ0) is 9.68. The van der Waals surface area contributed by atoms with Crippen molar-refractivity contribution in [1.82, 2.24) is 10.3 Å². The fourth-order valence-electron chi connectivity index (χ4n) is 0.807. The van der Waals surface area contributed by atoms with Crippen molar-refractivity contribution in [3.05, 3.63) is 30.1 Å². The van der Waals surface area contributed by atoms with Crippen molar-refractivity contribution in [2.75, 3.05) is 0 Å². The van der Waals surface area contributed by atoms with E-state index in [1.165, 1.54) is 6.92 Å². The van der Waals surface area contributed by atoms with Crippen LogP contribution in [0.4, 0.5) is 0 Å². The van der Waals surface area contributed by atoms with Gasteiger partial charge in [0.1, 0.15) is 0 Å². The minimum Gasteiger partial charge on any atom is -0.345 e. The quantitative estimate of drug-likeness (QED) is 0.676. The zero-order valence-electron chi connectivity index (χ0n) is 7.28. The molecule has 0 bridgehead atoms. The number of aromatic nitrogens is 1. The van der Waals surface area contributed by atoms with E-state index in [1.54, 1.807) is 24.5 Å². The highest BCUT2D eigenvalue weighted by Gasteiger charge is 2.05. The van der Waals surface area contributed by atoms with Gasteiger partial charge in [0.05, 0.1) is 0 Å². The van der Waals surface area contributed by atoms with Gasteiger partial charge in [0.2, 0.25) is 5.78 Å². The molecule has 0 saturated heterocycles. The van der Waals surface area contributed by atoms with Crippen molar-refractivity contribution in [2.24, 2.45) is 0 Å². The summed E-state index contributed by atoms with van der Waals surface area (Å²) < 4.78 is 0. The number of Topliss-reactive ketones (excluding diaryl/α,β-unsaturated/α-hetero) is 1. The van der Waals surface area contributed by atoms with Gasteiger partial charge in [0.25, 0.3) is 5.91 Å². The minimum absolute atomic E-state index is 0.362. The van der Waals surface area contributed by atoms with Crippen molar-refractivity contribution in [3.63, 3.8) is 0 Å². The average molecular weight is 178 g/mol. The summed E-state index contributed by atoms with van der Waals surface area (Å²) in [6, 6.07) is 3.56. The van der Waals surface area contributed by atoms with Gasteiger partial charge in [-0.15, -0.1) is 0 Å². The molecule has 13 heavy (non-hydrogen) atoms. The van der Waals surface area contributed by atoms with E-state index in [4.69, 9.17) is 0 Å². The van der Waals surface area contributed by atoms with Gasteiger partial charge in [-0.3, -0.25) is 14.6 Å². The summed E-state index contributed by atoms with van der Waals surface area (Å²) in [6.45, 7) is 1.60. The Morgan fingerprint density at radius 1 is 1.38 bits per heavy atom. The van der Waals surface area contributed by atoms with Crippen LogP contribution < -0.4 is 5.32 Å². The highest BCUT2D eigenvalue weighted by Crippen LogP contribution is 1.94. The molecule has 0 aromatic carbocycles. The number of nitrogens with zero attached hydrogens (tertiary/aromatic N) is 1. The Hall–Kier alpha value is -1.71. The van der Waals surface area contributed by atoms with Gasteiger partial charge in [0, 0.05) is 25.9 Å². The van der Waals surface area contributed by atoms with E-state index in [0.29, 0.717) is 6.54 Å². The number of carbonyl (C=O) groups is 2. The van der Waals surface area contributed by atoms with E-state index in [2.05, 4.69) is 10.3 Å². The Bertz CT molecular complexity index is 309. The third kappa shape index (κ3) is 3.02. The normalized spacial score (nSPS) is 9.31. The fourth-order valence-corrected chi connectivity index (χ4v) is 0.807. The SMILES string of the molecule is CC(=O)C(=O)NCc1ccncc1. The van der Waals surface area contributed by atoms with E-state index >= 15 is 0 Å². The van der Waals surface area contributed by atoms with Crippen LogP contribution >= 0.6 is 0 Å². The molecular formula is C9H10N2O2. The maximum Gasteiger partial charge on any atom is 0.287 e. The summed E-state index contributed by atoms with van der Waals surface area (Å²) in [5.41, 5.74) is 0.921. The number of ketones is 1. The average Bonchev–Trinajstić information content (AvgIpc) is 2.15. The highest BCUT2D eigenvalue weighted by atomic mass is 16.2. The molecule has 0 aliphatic rings. The summed E-state index contributed by atoms with van der Waals surface area (Å²) in [5.74, 6) is -1.04. The number of nitrogens with one attached hydrogen (secondary N) is 1. The molecule has 1 aromatic rings. The maximum atomic E-state index is 10.8. The third-order valence-corrected chi connectivity index (χ3v) is 1.52. The summed E-state index contributed by atoms with van der Waals surface area (Å²) in [4.78, 5) is 25.2. The van der Waals surface area contributed by atoms with Gasteiger partial charge in [-0.05, 0) is 17.7 Å². The van der Waals surface area contributed by atoms with Crippen LogP contribution in [-0.4, -0.2) is 16.7 Å². The molecule has 0 fully saturated rings. The molecule has 0 spiro atoms. The molecule has 1 amide bonds. The summed E-state index contributed by atoms with van der Waals surface area (Å²) in [7, 11) is 0. The standard InChI is InChI=1S/C9H10N2O2/c1-7(12)9(13)11-6-8-2-4-10-5-3-8/h2-5H,6H2,1H3,(H,11,13). The zero-order valence-corrected chi connectivity index (χ0v) is 7.28. The van der Waals surface area contributed by atoms with E-state index in [-0.39, 0.29) is 0 Å². The molecule has 0 radical (unpaired) electrons. The molecule has 68 valence electrons. The predicted molar refractivity (Wildman–Crippen MR) is 46.8 cm³/mol. The van der Waals surface area contributed by atoms with E-state index < -0.39 is 11.7 Å². The molecule has 0 saturated carbocycles.